The SMILES string of the molecule is O=C(C=C(O)c1nn[nH]n1)c1cc(S(=O)(=O)c2ccc(Cl)cc2)cs1. The molecule has 0 aliphatic carbocycles. The largest absolute Gasteiger partial charge is 0.504 e. The summed E-state index contributed by atoms with van der Waals surface area (Å²) in [5.41, 5.74) is 0. The molecule has 2 heterocycles. The molecule has 8 nitrogen and oxygen atoms in total. The number of thiophene rings is 1. The number of H-pyrrole nitrogens is 1. The second kappa shape index (κ2) is 6.75. The molecule has 0 atom stereocenters. The van der Waals surface area contributed by atoms with Crippen LogP contribution in [0.1, 0.15) is 15.5 Å². The lowest BCUT2D eigenvalue weighted by atomic mass is 10.3. The van der Waals surface area contributed by atoms with Crippen molar-refractivity contribution in [2.45, 2.75) is 9.79 Å². The first-order valence-electron chi connectivity index (χ1n) is 6.66. The van der Waals surface area contributed by atoms with Crippen LogP contribution >= 0.6 is 22.9 Å². The van der Waals surface area contributed by atoms with Crippen molar-refractivity contribution in [3.05, 3.63) is 57.5 Å². The summed E-state index contributed by atoms with van der Waals surface area (Å²) >= 11 is 6.71. The number of carbonyl (C=O) groups excluding carboxylic acids is 1. The lowest BCUT2D eigenvalue weighted by Crippen LogP contribution is -2.00. The summed E-state index contributed by atoms with van der Waals surface area (Å²) in [4.78, 5) is 12.3. The third kappa shape index (κ3) is 3.60. The van der Waals surface area contributed by atoms with Crippen molar-refractivity contribution in [1.82, 2.24) is 20.6 Å². The first-order valence-corrected chi connectivity index (χ1v) is 9.40. The number of aromatic amines is 1. The van der Waals surface area contributed by atoms with Crippen LogP contribution in [-0.4, -0.2) is 39.9 Å². The number of carbonyl (C=O) groups is 1. The summed E-state index contributed by atoms with van der Waals surface area (Å²) in [5, 5.41) is 24.0. The molecule has 0 aliphatic rings. The Balaban J connectivity index is 1.88. The Morgan fingerprint density at radius 3 is 2.60 bits per heavy atom. The molecule has 0 unspecified atom stereocenters. The van der Waals surface area contributed by atoms with E-state index in [4.69, 9.17) is 11.6 Å². The van der Waals surface area contributed by atoms with Gasteiger partial charge in [0.05, 0.1) is 14.7 Å². The molecule has 2 aromatic heterocycles. The summed E-state index contributed by atoms with van der Waals surface area (Å²) < 4.78 is 25.1. The highest BCUT2D eigenvalue weighted by Gasteiger charge is 2.21. The van der Waals surface area contributed by atoms with Crippen molar-refractivity contribution in [2.24, 2.45) is 0 Å². The lowest BCUT2D eigenvalue weighted by molar-refractivity contribution is 0.104. The fourth-order valence-corrected chi connectivity index (χ4v) is 4.44. The molecule has 0 amide bonds. The predicted molar refractivity (Wildman–Crippen MR) is 90.3 cm³/mol. The molecule has 2 N–H and O–H groups in total. The number of hydrogen-bond acceptors (Lipinski definition) is 8. The second-order valence-electron chi connectivity index (χ2n) is 4.73. The second-order valence-corrected chi connectivity index (χ2v) is 8.03. The molecular formula is C14H9ClN4O4S2. The molecule has 0 spiro atoms. The lowest BCUT2D eigenvalue weighted by Gasteiger charge is -2.01. The summed E-state index contributed by atoms with van der Waals surface area (Å²) in [6.45, 7) is 0. The number of hydrogen-bond donors (Lipinski definition) is 2. The van der Waals surface area contributed by atoms with Gasteiger partial charge in [-0.05, 0) is 35.5 Å². The summed E-state index contributed by atoms with van der Waals surface area (Å²) in [6, 6.07) is 6.96. The van der Waals surface area contributed by atoms with E-state index in [1.165, 1.54) is 35.7 Å². The van der Waals surface area contributed by atoms with Crippen molar-refractivity contribution < 1.29 is 18.3 Å². The molecule has 128 valence electrons. The predicted octanol–water partition coefficient (Wildman–Crippen LogP) is 2.53. The zero-order valence-corrected chi connectivity index (χ0v) is 14.6. The normalized spacial score (nSPS) is 12.3. The van der Waals surface area contributed by atoms with E-state index in [1.54, 1.807) is 0 Å². The van der Waals surface area contributed by atoms with Crippen LogP contribution in [0, 0.1) is 0 Å². The molecule has 0 radical (unpaired) electrons. The van der Waals surface area contributed by atoms with E-state index in [-0.39, 0.29) is 20.5 Å². The van der Waals surface area contributed by atoms with E-state index in [0.29, 0.717) is 5.02 Å². The van der Waals surface area contributed by atoms with Gasteiger partial charge >= 0.3 is 0 Å². The van der Waals surface area contributed by atoms with Gasteiger partial charge < -0.3 is 5.11 Å². The highest BCUT2D eigenvalue weighted by molar-refractivity contribution is 7.91. The fourth-order valence-electron chi connectivity index (χ4n) is 1.87. The minimum Gasteiger partial charge on any atom is -0.504 e. The van der Waals surface area contributed by atoms with Crippen LogP contribution < -0.4 is 0 Å². The van der Waals surface area contributed by atoms with Crippen molar-refractivity contribution in [2.75, 3.05) is 0 Å². The van der Waals surface area contributed by atoms with Crippen LogP contribution in [0.4, 0.5) is 0 Å². The molecule has 11 heteroatoms. The van der Waals surface area contributed by atoms with Crippen LogP contribution in [0.15, 0.2) is 51.6 Å². The molecule has 1 aromatic carbocycles. The molecule has 0 saturated heterocycles. The zero-order chi connectivity index (χ0) is 18.0. The molecule has 3 rings (SSSR count). The molecular weight excluding hydrogens is 388 g/mol. The fraction of sp³-hybridized carbons (Fsp3) is 0. The number of aromatic nitrogens is 4. The van der Waals surface area contributed by atoms with Crippen molar-refractivity contribution in [3.8, 4) is 0 Å². The van der Waals surface area contributed by atoms with Crippen LogP contribution in [-0.2, 0) is 9.84 Å². The number of nitrogens with one attached hydrogen (secondary N) is 1. The Hall–Kier alpha value is -2.56. The maximum Gasteiger partial charge on any atom is 0.239 e. The smallest absolute Gasteiger partial charge is 0.239 e. The first-order chi connectivity index (χ1) is 11.9. The van der Waals surface area contributed by atoms with Crippen LogP contribution in [0.25, 0.3) is 5.76 Å². The summed E-state index contributed by atoms with van der Waals surface area (Å²) in [6.07, 6.45) is 0.898. The van der Waals surface area contributed by atoms with E-state index >= 15 is 0 Å². The van der Waals surface area contributed by atoms with Gasteiger partial charge in [-0.15, -0.1) is 21.5 Å². The molecule has 0 bridgehead atoms. The number of benzene rings is 1. The number of ketones is 1. The number of nitrogens with zero attached hydrogens (tertiary/aromatic N) is 3. The number of tetrazole rings is 1. The quantitative estimate of drug-likeness (QED) is 0.385. The molecule has 0 fully saturated rings. The van der Waals surface area contributed by atoms with E-state index in [1.807, 2.05) is 0 Å². The summed E-state index contributed by atoms with van der Waals surface area (Å²) in [7, 11) is -3.76. The van der Waals surface area contributed by atoms with Crippen molar-refractivity contribution >= 4 is 44.3 Å². The van der Waals surface area contributed by atoms with Crippen LogP contribution in [0.2, 0.25) is 5.02 Å². The van der Waals surface area contributed by atoms with E-state index in [9.17, 15) is 18.3 Å². The molecule has 3 aromatic rings. The highest BCUT2D eigenvalue weighted by Crippen LogP contribution is 2.27. The maximum absolute atomic E-state index is 12.5. The minimum atomic E-state index is -3.76. The number of rotatable bonds is 5. The summed E-state index contributed by atoms with van der Waals surface area (Å²) in [5.74, 6) is -1.20. The standard InChI is InChI=1S/C14H9ClN4O4S2/c15-8-1-3-9(4-2-8)25(22,23)10-5-13(24-7-10)11(20)6-12(21)14-16-18-19-17-14/h1-7,21H,(H,16,17,18,19). The van der Waals surface area contributed by atoms with Gasteiger partial charge in [0.15, 0.2) is 11.5 Å². The van der Waals surface area contributed by atoms with Crippen LogP contribution in [0.5, 0.6) is 0 Å². The van der Waals surface area contributed by atoms with E-state index < -0.39 is 21.4 Å². The monoisotopic (exact) mass is 396 g/mol. The molecule has 0 aliphatic heterocycles. The van der Waals surface area contributed by atoms with Gasteiger partial charge in [-0.1, -0.05) is 11.6 Å². The van der Waals surface area contributed by atoms with E-state index in [2.05, 4.69) is 20.6 Å². The third-order valence-corrected chi connectivity index (χ3v) is 6.19. The minimum absolute atomic E-state index is 0.0179. The zero-order valence-electron chi connectivity index (χ0n) is 12.2. The maximum atomic E-state index is 12.5. The number of aliphatic hydroxyl groups excluding tert-OH is 1. The Morgan fingerprint density at radius 2 is 1.96 bits per heavy atom. The Bertz CT molecular complexity index is 1040. The van der Waals surface area contributed by atoms with Gasteiger partial charge in [0.25, 0.3) is 0 Å². The number of allylic oxidation sites excluding steroid dienone is 1. The average Bonchev–Trinajstić information content (AvgIpc) is 3.27. The number of aliphatic hydroxyl groups is 1. The Kier molecular flexibility index (Phi) is 4.66. The highest BCUT2D eigenvalue weighted by atomic mass is 35.5. The topological polar surface area (TPSA) is 126 Å². The molecule has 0 saturated carbocycles. The number of sulfone groups is 1. The Morgan fingerprint density at radius 1 is 1.24 bits per heavy atom. The molecule has 25 heavy (non-hydrogen) atoms. The van der Waals surface area contributed by atoms with E-state index in [0.717, 1.165) is 17.4 Å². The number of halogens is 1. The van der Waals surface area contributed by atoms with Crippen molar-refractivity contribution in [1.29, 1.82) is 0 Å². The van der Waals surface area contributed by atoms with Gasteiger partial charge in [-0.3, -0.25) is 4.79 Å². The Labute approximate surface area is 150 Å². The van der Waals surface area contributed by atoms with Gasteiger partial charge in [0.2, 0.25) is 15.7 Å². The van der Waals surface area contributed by atoms with Gasteiger partial charge in [0.1, 0.15) is 0 Å². The van der Waals surface area contributed by atoms with Crippen LogP contribution in [0.3, 0.4) is 0 Å². The van der Waals surface area contributed by atoms with Crippen molar-refractivity contribution in [3.63, 3.8) is 0 Å². The third-order valence-electron chi connectivity index (χ3n) is 3.09. The van der Waals surface area contributed by atoms with Gasteiger partial charge in [0, 0.05) is 16.5 Å². The van der Waals surface area contributed by atoms with Gasteiger partial charge in [-0.25, -0.2) is 8.42 Å². The first kappa shape index (κ1) is 17.3. The average molecular weight is 397 g/mol. The van der Waals surface area contributed by atoms with Gasteiger partial charge in [-0.2, -0.15) is 5.21 Å².